The van der Waals surface area contributed by atoms with Crippen molar-refractivity contribution in [2.75, 3.05) is 0 Å². The molecule has 1 aliphatic rings. The Bertz CT molecular complexity index is 264. The zero-order valence-corrected chi connectivity index (χ0v) is 8.50. The van der Waals surface area contributed by atoms with Crippen LogP contribution in [0.2, 0.25) is 5.15 Å². The molecule has 0 amide bonds. The first-order chi connectivity index (χ1) is 6.34. The third kappa shape index (κ3) is 2.47. The summed E-state index contributed by atoms with van der Waals surface area (Å²) >= 11 is 5.72. The van der Waals surface area contributed by atoms with Gasteiger partial charge in [-0.15, -0.1) is 0 Å². The van der Waals surface area contributed by atoms with Crippen molar-refractivity contribution >= 4 is 11.6 Å². The maximum absolute atomic E-state index is 5.72. The van der Waals surface area contributed by atoms with Crippen LogP contribution in [0.5, 0.6) is 0 Å². The summed E-state index contributed by atoms with van der Waals surface area (Å²) in [6, 6.07) is 1.84. The molecule has 1 fully saturated rings. The summed E-state index contributed by atoms with van der Waals surface area (Å²) in [5.74, 6) is 0.933. The molecule has 0 bridgehead atoms. The molecule has 0 aromatic carbocycles. The summed E-state index contributed by atoms with van der Waals surface area (Å²) in [6.45, 7) is 1.03. The van der Waals surface area contributed by atoms with Gasteiger partial charge in [-0.2, -0.15) is 5.10 Å². The van der Waals surface area contributed by atoms with E-state index in [0.29, 0.717) is 5.15 Å². The van der Waals surface area contributed by atoms with E-state index in [0.717, 1.165) is 12.5 Å². The molecule has 13 heavy (non-hydrogen) atoms. The van der Waals surface area contributed by atoms with Gasteiger partial charge in [-0.25, -0.2) is 0 Å². The normalized spacial score (nSPS) is 18.2. The molecule has 2 nitrogen and oxygen atoms in total. The van der Waals surface area contributed by atoms with Gasteiger partial charge in [0.15, 0.2) is 5.15 Å². The molecule has 0 atom stereocenters. The highest BCUT2D eigenvalue weighted by atomic mass is 35.5. The minimum Gasteiger partial charge on any atom is -0.271 e. The van der Waals surface area contributed by atoms with E-state index >= 15 is 0 Å². The molecule has 0 aliphatic heterocycles. The predicted molar refractivity (Wildman–Crippen MR) is 53.8 cm³/mol. The highest BCUT2D eigenvalue weighted by Crippen LogP contribution is 2.27. The molecule has 2 rings (SSSR count). The SMILES string of the molecule is Clc1ccn(CCC2CCCC2)n1. The highest BCUT2D eigenvalue weighted by molar-refractivity contribution is 6.29. The first kappa shape index (κ1) is 9.07. The van der Waals surface area contributed by atoms with Gasteiger partial charge in [-0.1, -0.05) is 37.3 Å². The average molecular weight is 199 g/mol. The van der Waals surface area contributed by atoms with Crippen molar-refractivity contribution in [2.45, 2.75) is 38.6 Å². The lowest BCUT2D eigenvalue weighted by molar-refractivity contribution is 0.440. The number of aryl methyl sites for hydroxylation is 1. The smallest absolute Gasteiger partial charge is 0.151 e. The van der Waals surface area contributed by atoms with Gasteiger partial charge in [0.25, 0.3) is 0 Å². The summed E-state index contributed by atoms with van der Waals surface area (Å²) in [6.07, 6.45) is 8.88. The minimum atomic E-state index is 0.603. The third-order valence-electron chi connectivity index (χ3n) is 2.85. The van der Waals surface area contributed by atoms with Gasteiger partial charge in [0.2, 0.25) is 0 Å². The molecule has 1 saturated carbocycles. The van der Waals surface area contributed by atoms with Crippen molar-refractivity contribution in [2.24, 2.45) is 5.92 Å². The van der Waals surface area contributed by atoms with Gasteiger partial charge in [0, 0.05) is 12.7 Å². The second kappa shape index (κ2) is 4.14. The standard InChI is InChI=1S/C10H15ClN2/c11-10-6-8-13(12-10)7-5-9-3-1-2-4-9/h6,8-9H,1-5,7H2. The molecular formula is C10H15ClN2. The maximum atomic E-state index is 5.72. The van der Waals surface area contributed by atoms with Crippen molar-refractivity contribution in [1.82, 2.24) is 9.78 Å². The van der Waals surface area contributed by atoms with Crippen LogP contribution in [0.1, 0.15) is 32.1 Å². The van der Waals surface area contributed by atoms with E-state index in [9.17, 15) is 0 Å². The van der Waals surface area contributed by atoms with Crippen LogP contribution in [-0.4, -0.2) is 9.78 Å². The summed E-state index contributed by atoms with van der Waals surface area (Å²) in [7, 11) is 0. The van der Waals surface area contributed by atoms with Gasteiger partial charge in [0.05, 0.1) is 0 Å². The fourth-order valence-corrected chi connectivity index (χ4v) is 2.23. The van der Waals surface area contributed by atoms with Crippen LogP contribution in [0, 0.1) is 5.92 Å². The lowest BCUT2D eigenvalue weighted by Gasteiger charge is -2.07. The third-order valence-corrected chi connectivity index (χ3v) is 3.05. The molecule has 0 radical (unpaired) electrons. The zero-order valence-electron chi connectivity index (χ0n) is 7.75. The Kier molecular flexibility index (Phi) is 2.89. The van der Waals surface area contributed by atoms with Crippen LogP contribution in [0.3, 0.4) is 0 Å². The molecule has 3 heteroatoms. The molecule has 1 aromatic rings. The van der Waals surface area contributed by atoms with Gasteiger partial charge < -0.3 is 0 Å². The second-order valence-corrected chi connectivity index (χ2v) is 4.23. The van der Waals surface area contributed by atoms with Crippen molar-refractivity contribution < 1.29 is 0 Å². The van der Waals surface area contributed by atoms with E-state index in [-0.39, 0.29) is 0 Å². The Hall–Kier alpha value is -0.500. The van der Waals surface area contributed by atoms with E-state index in [4.69, 9.17) is 11.6 Å². The zero-order chi connectivity index (χ0) is 9.10. The first-order valence-corrected chi connectivity index (χ1v) is 5.41. The van der Waals surface area contributed by atoms with E-state index in [1.54, 1.807) is 0 Å². The van der Waals surface area contributed by atoms with Crippen LogP contribution in [0.15, 0.2) is 12.3 Å². The van der Waals surface area contributed by atoms with Crippen molar-refractivity contribution in [1.29, 1.82) is 0 Å². The Morgan fingerprint density at radius 3 is 2.85 bits per heavy atom. The molecule has 1 aliphatic carbocycles. The van der Waals surface area contributed by atoms with Crippen LogP contribution in [-0.2, 0) is 6.54 Å². The molecule has 1 heterocycles. The van der Waals surface area contributed by atoms with Crippen molar-refractivity contribution in [3.8, 4) is 0 Å². The van der Waals surface area contributed by atoms with Gasteiger partial charge >= 0.3 is 0 Å². The molecule has 0 N–H and O–H groups in total. The largest absolute Gasteiger partial charge is 0.271 e. The summed E-state index contributed by atoms with van der Waals surface area (Å²) in [4.78, 5) is 0. The minimum absolute atomic E-state index is 0.603. The number of aromatic nitrogens is 2. The monoisotopic (exact) mass is 198 g/mol. The molecule has 0 spiro atoms. The van der Waals surface area contributed by atoms with Crippen molar-refractivity contribution in [3.63, 3.8) is 0 Å². The van der Waals surface area contributed by atoms with Crippen LogP contribution < -0.4 is 0 Å². The topological polar surface area (TPSA) is 17.8 Å². The first-order valence-electron chi connectivity index (χ1n) is 5.03. The Labute approximate surface area is 83.9 Å². The number of hydrogen-bond acceptors (Lipinski definition) is 1. The Balaban J connectivity index is 1.78. The summed E-state index contributed by atoms with van der Waals surface area (Å²) in [5, 5.41) is 4.76. The van der Waals surface area contributed by atoms with Gasteiger partial charge in [0.1, 0.15) is 0 Å². The molecule has 0 unspecified atom stereocenters. The van der Waals surface area contributed by atoms with E-state index in [1.165, 1.54) is 32.1 Å². The van der Waals surface area contributed by atoms with Gasteiger partial charge in [-0.3, -0.25) is 4.68 Å². The van der Waals surface area contributed by atoms with E-state index in [1.807, 2.05) is 16.9 Å². The van der Waals surface area contributed by atoms with E-state index < -0.39 is 0 Å². The Morgan fingerprint density at radius 2 is 2.23 bits per heavy atom. The predicted octanol–water partition coefficient (Wildman–Crippen LogP) is 3.12. The molecule has 0 saturated heterocycles. The number of halogens is 1. The van der Waals surface area contributed by atoms with Crippen LogP contribution in [0.25, 0.3) is 0 Å². The average Bonchev–Trinajstić information content (AvgIpc) is 2.71. The fourth-order valence-electron chi connectivity index (χ4n) is 2.08. The fraction of sp³-hybridized carbons (Fsp3) is 0.700. The Morgan fingerprint density at radius 1 is 1.46 bits per heavy atom. The van der Waals surface area contributed by atoms with E-state index in [2.05, 4.69) is 5.10 Å². The lowest BCUT2D eigenvalue weighted by atomic mass is 10.0. The number of rotatable bonds is 3. The number of nitrogens with zero attached hydrogens (tertiary/aromatic N) is 2. The molecule has 72 valence electrons. The van der Waals surface area contributed by atoms with Gasteiger partial charge in [-0.05, 0) is 18.4 Å². The second-order valence-electron chi connectivity index (χ2n) is 3.84. The summed E-state index contributed by atoms with van der Waals surface area (Å²) in [5.41, 5.74) is 0. The highest BCUT2D eigenvalue weighted by Gasteiger charge is 2.14. The molecular weight excluding hydrogens is 184 g/mol. The quantitative estimate of drug-likeness (QED) is 0.730. The lowest BCUT2D eigenvalue weighted by Crippen LogP contribution is -2.03. The van der Waals surface area contributed by atoms with Crippen LogP contribution in [0.4, 0.5) is 0 Å². The summed E-state index contributed by atoms with van der Waals surface area (Å²) < 4.78 is 1.95. The van der Waals surface area contributed by atoms with Crippen molar-refractivity contribution in [3.05, 3.63) is 17.4 Å². The maximum Gasteiger partial charge on any atom is 0.151 e. The molecule has 1 aromatic heterocycles. The number of hydrogen-bond donors (Lipinski definition) is 0. The van der Waals surface area contributed by atoms with Crippen LogP contribution >= 0.6 is 11.6 Å².